The lowest BCUT2D eigenvalue weighted by atomic mass is 10.2. The molecule has 0 aliphatic heterocycles. The van der Waals surface area contributed by atoms with Crippen LogP contribution in [0.3, 0.4) is 0 Å². The van der Waals surface area contributed by atoms with Crippen molar-refractivity contribution in [2.75, 3.05) is 13.2 Å². The molecular weight excluding hydrogens is 322 g/mol. The summed E-state index contributed by atoms with van der Waals surface area (Å²) in [6, 6.07) is 16.1. The Morgan fingerprint density at radius 3 is 2.41 bits per heavy atom. The van der Waals surface area contributed by atoms with Gasteiger partial charge in [0.25, 0.3) is 0 Å². The molecule has 2 aromatic rings. The van der Waals surface area contributed by atoms with Crippen molar-refractivity contribution in [3.8, 4) is 5.75 Å². The van der Waals surface area contributed by atoms with E-state index in [0.717, 1.165) is 11.0 Å². The number of rotatable bonds is 7. The minimum Gasteiger partial charge on any atom is -0.492 e. The predicted octanol–water partition coefficient (Wildman–Crippen LogP) is 3.31. The molecule has 0 saturated carbocycles. The number of para-hydroxylation sites is 1. The lowest BCUT2D eigenvalue weighted by Crippen LogP contribution is -2.26. The quantitative estimate of drug-likeness (QED) is 0.789. The first-order chi connectivity index (χ1) is 10.6. The predicted molar refractivity (Wildman–Crippen MR) is 89.3 cm³/mol. The van der Waals surface area contributed by atoms with Crippen LogP contribution in [-0.4, -0.2) is 21.6 Å². The Kier molecular flexibility index (Phi) is 6.00. The van der Waals surface area contributed by atoms with Gasteiger partial charge in [-0.25, -0.2) is 13.1 Å². The van der Waals surface area contributed by atoms with Crippen molar-refractivity contribution in [2.24, 2.45) is 0 Å². The molecule has 0 saturated heterocycles. The van der Waals surface area contributed by atoms with Crippen molar-refractivity contribution in [1.29, 1.82) is 0 Å². The Morgan fingerprint density at radius 2 is 1.73 bits per heavy atom. The summed E-state index contributed by atoms with van der Waals surface area (Å²) >= 11 is 5.77. The fourth-order valence-electron chi connectivity index (χ4n) is 1.66. The molecule has 0 unspecified atom stereocenters. The first-order valence-corrected chi connectivity index (χ1v) is 8.59. The molecule has 2 rings (SSSR count). The largest absolute Gasteiger partial charge is 0.492 e. The number of hydrogen-bond acceptors (Lipinski definition) is 3. The number of halogens is 1. The summed E-state index contributed by atoms with van der Waals surface area (Å²) in [5.74, 6) is 0.707. The van der Waals surface area contributed by atoms with Crippen LogP contribution < -0.4 is 9.46 Å². The van der Waals surface area contributed by atoms with E-state index in [1.54, 1.807) is 24.3 Å². The molecule has 0 atom stereocenters. The van der Waals surface area contributed by atoms with Crippen molar-refractivity contribution in [1.82, 2.24) is 4.72 Å². The SMILES string of the molecule is O=S(=O)(/C=C/c1ccc(Cl)cc1)NCCOc1ccccc1. The van der Waals surface area contributed by atoms with Crippen molar-refractivity contribution in [3.63, 3.8) is 0 Å². The molecule has 0 bridgehead atoms. The Bertz CT molecular complexity index is 713. The van der Waals surface area contributed by atoms with Gasteiger partial charge in [-0.3, -0.25) is 0 Å². The molecule has 2 aromatic carbocycles. The first kappa shape index (κ1) is 16.5. The molecule has 0 amide bonds. The molecule has 1 N–H and O–H groups in total. The summed E-state index contributed by atoms with van der Waals surface area (Å²) in [5, 5.41) is 1.73. The van der Waals surface area contributed by atoms with Crippen LogP contribution in [-0.2, 0) is 10.0 Å². The van der Waals surface area contributed by atoms with E-state index in [0.29, 0.717) is 10.8 Å². The van der Waals surface area contributed by atoms with Gasteiger partial charge in [0.1, 0.15) is 12.4 Å². The molecule has 22 heavy (non-hydrogen) atoms. The summed E-state index contributed by atoms with van der Waals surface area (Å²) in [4.78, 5) is 0. The number of ether oxygens (including phenoxy) is 1. The Morgan fingerprint density at radius 1 is 1.05 bits per heavy atom. The smallest absolute Gasteiger partial charge is 0.233 e. The highest BCUT2D eigenvalue weighted by atomic mass is 35.5. The van der Waals surface area contributed by atoms with Gasteiger partial charge in [0, 0.05) is 17.0 Å². The second-order valence-corrected chi connectivity index (χ2v) is 6.54. The zero-order valence-electron chi connectivity index (χ0n) is 11.8. The molecule has 0 fully saturated rings. The molecular formula is C16H16ClNO3S. The zero-order chi connectivity index (χ0) is 15.8. The van der Waals surface area contributed by atoms with Crippen LogP contribution in [0, 0.1) is 0 Å². The average molecular weight is 338 g/mol. The van der Waals surface area contributed by atoms with E-state index in [4.69, 9.17) is 16.3 Å². The minimum absolute atomic E-state index is 0.197. The van der Waals surface area contributed by atoms with E-state index in [2.05, 4.69) is 4.72 Å². The van der Waals surface area contributed by atoms with Crippen LogP contribution >= 0.6 is 11.6 Å². The van der Waals surface area contributed by atoms with Crippen molar-refractivity contribution in [2.45, 2.75) is 0 Å². The van der Waals surface area contributed by atoms with Gasteiger partial charge in [-0.2, -0.15) is 0 Å². The average Bonchev–Trinajstić information content (AvgIpc) is 2.52. The number of benzene rings is 2. The highest BCUT2D eigenvalue weighted by Crippen LogP contribution is 2.11. The van der Waals surface area contributed by atoms with Gasteiger partial charge in [0.15, 0.2) is 0 Å². The maximum atomic E-state index is 11.8. The molecule has 6 heteroatoms. The Hall–Kier alpha value is -1.82. The van der Waals surface area contributed by atoms with Gasteiger partial charge in [0.2, 0.25) is 10.0 Å². The number of hydrogen-bond donors (Lipinski definition) is 1. The minimum atomic E-state index is -3.49. The third kappa shape index (κ3) is 5.89. The fourth-order valence-corrected chi connectivity index (χ4v) is 2.59. The van der Waals surface area contributed by atoms with Crippen LogP contribution in [0.1, 0.15) is 5.56 Å². The maximum Gasteiger partial charge on any atom is 0.233 e. The number of sulfonamides is 1. The Balaban J connectivity index is 1.80. The molecule has 0 spiro atoms. The van der Waals surface area contributed by atoms with Gasteiger partial charge in [-0.1, -0.05) is 41.9 Å². The van der Waals surface area contributed by atoms with Gasteiger partial charge >= 0.3 is 0 Å². The van der Waals surface area contributed by atoms with E-state index in [1.807, 2.05) is 30.3 Å². The van der Waals surface area contributed by atoms with E-state index in [1.165, 1.54) is 6.08 Å². The van der Waals surface area contributed by atoms with Gasteiger partial charge < -0.3 is 4.74 Å². The van der Waals surface area contributed by atoms with Gasteiger partial charge in [-0.05, 0) is 35.9 Å². The van der Waals surface area contributed by atoms with Crippen LogP contribution in [0.2, 0.25) is 5.02 Å². The van der Waals surface area contributed by atoms with E-state index in [-0.39, 0.29) is 13.2 Å². The van der Waals surface area contributed by atoms with Crippen LogP contribution in [0.15, 0.2) is 60.0 Å². The standard InChI is InChI=1S/C16H16ClNO3S/c17-15-8-6-14(7-9-15)10-13-22(19,20)18-11-12-21-16-4-2-1-3-5-16/h1-10,13,18H,11-12H2/b13-10+. The Labute approximate surface area is 135 Å². The summed E-state index contributed by atoms with van der Waals surface area (Å²) in [6.07, 6.45) is 1.51. The molecule has 0 radical (unpaired) electrons. The zero-order valence-corrected chi connectivity index (χ0v) is 13.3. The van der Waals surface area contributed by atoms with Crippen LogP contribution in [0.5, 0.6) is 5.75 Å². The van der Waals surface area contributed by atoms with Crippen molar-refractivity contribution >= 4 is 27.7 Å². The summed E-state index contributed by atoms with van der Waals surface area (Å²) in [7, 11) is -3.49. The van der Waals surface area contributed by atoms with Crippen molar-refractivity contribution < 1.29 is 13.2 Å². The number of nitrogens with one attached hydrogen (secondary N) is 1. The molecule has 116 valence electrons. The molecule has 0 aromatic heterocycles. The van der Waals surface area contributed by atoms with E-state index < -0.39 is 10.0 Å². The lowest BCUT2D eigenvalue weighted by molar-refractivity contribution is 0.323. The van der Waals surface area contributed by atoms with E-state index in [9.17, 15) is 8.42 Å². The molecule has 0 aliphatic rings. The second-order valence-electron chi connectivity index (χ2n) is 4.46. The summed E-state index contributed by atoms with van der Waals surface area (Å²) in [6.45, 7) is 0.459. The maximum absolute atomic E-state index is 11.8. The monoisotopic (exact) mass is 337 g/mol. The third-order valence-corrected chi connectivity index (χ3v) is 4.08. The first-order valence-electron chi connectivity index (χ1n) is 6.66. The molecule has 4 nitrogen and oxygen atoms in total. The van der Waals surface area contributed by atoms with Crippen LogP contribution in [0.4, 0.5) is 0 Å². The highest BCUT2D eigenvalue weighted by molar-refractivity contribution is 7.92. The summed E-state index contributed by atoms with van der Waals surface area (Å²) in [5.41, 5.74) is 0.760. The van der Waals surface area contributed by atoms with Gasteiger partial charge in [0.05, 0.1) is 0 Å². The molecule has 0 aliphatic carbocycles. The summed E-state index contributed by atoms with van der Waals surface area (Å²) < 4.78 is 31.5. The third-order valence-electron chi connectivity index (χ3n) is 2.73. The topological polar surface area (TPSA) is 55.4 Å². The molecule has 0 heterocycles. The second kappa shape index (κ2) is 7.98. The van der Waals surface area contributed by atoms with Crippen molar-refractivity contribution in [3.05, 3.63) is 70.6 Å². The highest BCUT2D eigenvalue weighted by Gasteiger charge is 2.04. The van der Waals surface area contributed by atoms with Gasteiger partial charge in [-0.15, -0.1) is 0 Å². The van der Waals surface area contributed by atoms with Crippen LogP contribution in [0.25, 0.3) is 6.08 Å². The van der Waals surface area contributed by atoms with E-state index >= 15 is 0 Å². The fraction of sp³-hybridized carbons (Fsp3) is 0.125. The lowest BCUT2D eigenvalue weighted by Gasteiger charge is -2.06. The normalized spacial score (nSPS) is 11.7.